The highest BCUT2D eigenvalue weighted by atomic mass is 35.5. The van der Waals surface area contributed by atoms with Gasteiger partial charge < -0.3 is 4.74 Å². The second kappa shape index (κ2) is 4.57. The molecule has 0 fully saturated rings. The average Bonchev–Trinajstić information content (AvgIpc) is 2.15. The van der Waals surface area contributed by atoms with Crippen LogP contribution in [0.5, 0.6) is 0 Å². The number of carbonyl (C=O) groups excluding carboxylic acids is 1. The Morgan fingerprint density at radius 3 is 2.46 bits per heavy atom. The summed E-state index contributed by atoms with van der Waals surface area (Å²) in [5.41, 5.74) is 0.236. The predicted octanol–water partition coefficient (Wildman–Crippen LogP) is 2.96. The van der Waals surface area contributed by atoms with E-state index in [1.165, 1.54) is 12.1 Å². The van der Waals surface area contributed by atoms with Gasteiger partial charge in [0.1, 0.15) is 12.3 Å². The highest BCUT2D eigenvalue weighted by Crippen LogP contribution is 2.12. The SMILES string of the molecule is O=Nc1ccc(COC(=O)Cl)cc1. The van der Waals surface area contributed by atoms with Gasteiger partial charge in [0.25, 0.3) is 0 Å². The molecule has 13 heavy (non-hydrogen) atoms. The lowest BCUT2D eigenvalue weighted by molar-refractivity contribution is 0.167. The largest absolute Gasteiger partial charge is 0.449 e. The monoisotopic (exact) mass is 199 g/mol. The molecular weight excluding hydrogens is 194 g/mol. The number of halogens is 1. The van der Waals surface area contributed by atoms with E-state index >= 15 is 0 Å². The molecule has 68 valence electrons. The molecule has 0 aliphatic heterocycles. The van der Waals surface area contributed by atoms with Gasteiger partial charge in [-0.2, -0.15) is 0 Å². The van der Waals surface area contributed by atoms with Gasteiger partial charge in [0, 0.05) is 11.6 Å². The van der Waals surface area contributed by atoms with Crippen molar-refractivity contribution in [2.24, 2.45) is 5.18 Å². The molecule has 0 radical (unpaired) electrons. The molecular formula is C8H6ClNO3. The Balaban J connectivity index is 2.59. The molecule has 0 heterocycles. The number of hydrogen-bond donors (Lipinski definition) is 0. The summed E-state index contributed by atoms with van der Waals surface area (Å²) in [6, 6.07) is 6.34. The van der Waals surface area contributed by atoms with E-state index in [1.54, 1.807) is 12.1 Å². The second-order valence-electron chi connectivity index (χ2n) is 2.28. The third-order valence-corrected chi connectivity index (χ3v) is 1.50. The van der Waals surface area contributed by atoms with Crippen LogP contribution in [0.25, 0.3) is 0 Å². The predicted molar refractivity (Wildman–Crippen MR) is 47.9 cm³/mol. The Morgan fingerprint density at radius 2 is 2.00 bits per heavy atom. The number of nitroso groups, excluding NO2 is 1. The number of benzene rings is 1. The quantitative estimate of drug-likeness (QED) is 0.556. The third kappa shape index (κ3) is 3.21. The van der Waals surface area contributed by atoms with E-state index in [4.69, 9.17) is 11.6 Å². The van der Waals surface area contributed by atoms with Gasteiger partial charge >= 0.3 is 5.43 Å². The Labute approximate surface area is 79.4 Å². The molecule has 1 rings (SSSR count). The fourth-order valence-corrected chi connectivity index (χ4v) is 0.848. The maximum absolute atomic E-state index is 10.2. The van der Waals surface area contributed by atoms with Crippen molar-refractivity contribution in [3.05, 3.63) is 34.7 Å². The van der Waals surface area contributed by atoms with Crippen LogP contribution in [-0.4, -0.2) is 5.43 Å². The molecule has 0 aliphatic carbocycles. The standard InChI is InChI=1S/C8H6ClNO3/c9-8(11)13-5-6-1-3-7(10-12)4-2-6/h1-4H,5H2. The fourth-order valence-electron chi connectivity index (χ4n) is 0.793. The van der Waals surface area contributed by atoms with E-state index in [2.05, 4.69) is 9.91 Å². The van der Waals surface area contributed by atoms with Crippen molar-refractivity contribution in [3.8, 4) is 0 Å². The number of carbonyl (C=O) groups is 1. The number of hydrogen-bond acceptors (Lipinski definition) is 4. The van der Waals surface area contributed by atoms with Crippen molar-refractivity contribution in [1.29, 1.82) is 0 Å². The zero-order valence-corrected chi connectivity index (χ0v) is 7.32. The lowest BCUT2D eigenvalue weighted by atomic mass is 10.2. The Morgan fingerprint density at radius 1 is 1.38 bits per heavy atom. The van der Waals surface area contributed by atoms with Crippen LogP contribution in [0, 0.1) is 4.91 Å². The molecule has 0 N–H and O–H groups in total. The van der Waals surface area contributed by atoms with E-state index in [0.717, 1.165) is 5.56 Å². The topological polar surface area (TPSA) is 55.7 Å². The first-order chi connectivity index (χ1) is 6.22. The van der Waals surface area contributed by atoms with Gasteiger partial charge in [-0.1, -0.05) is 12.1 Å². The van der Waals surface area contributed by atoms with Crippen molar-refractivity contribution in [1.82, 2.24) is 0 Å². The average molecular weight is 200 g/mol. The molecule has 0 unspecified atom stereocenters. The van der Waals surface area contributed by atoms with Gasteiger partial charge in [0.05, 0.1) is 0 Å². The first-order valence-electron chi connectivity index (χ1n) is 3.47. The minimum Gasteiger partial charge on any atom is -0.449 e. The lowest BCUT2D eigenvalue weighted by Crippen LogP contribution is -1.93. The van der Waals surface area contributed by atoms with Crippen LogP contribution >= 0.6 is 11.6 Å². The first kappa shape index (κ1) is 9.67. The van der Waals surface area contributed by atoms with E-state index < -0.39 is 5.43 Å². The van der Waals surface area contributed by atoms with Gasteiger partial charge in [-0.05, 0) is 22.9 Å². The molecule has 1 aromatic rings. The van der Waals surface area contributed by atoms with Crippen molar-refractivity contribution in [3.63, 3.8) is 0 Å². The Kier molecular flexibility index (Phi) is 3.40. The summed E-state index contributed by atoms with van der Waals surface area (Å²) in [5.74, 6) is 0. The summed E-state index contributed by atoms with van der Waals surface area (Å²) in [4.78, 5) is 20.2. The van der Waals surface area contributed by atoms with Gasteiger partial charge in [-0.3, -0.25) is 0 Å². The van der Waals surface area contributed by atoms with E-state index in [9.17, 15) is 9.70 Å². The summed E-state index contributed by atoms with van der Waals surface area (Å²) >= 11 is 4.96. The van der Waals surface area contributed by atoms with Crippen molar-refractivity contribution >= 4 is 22.7 Å². The van der Waals surface area contributed by atoms with Crippen LogP contribution in [0.3, 0.4) is 0 Å². The van der Waals surface area contributed by atoms with Crippen LogP contribution in [0.2, 0.25) is 0 Å². The van der Waals surface area contributed by atoms with Crippen molar-refractivity contribution in [2.45, 2.75) is 6.61 Å². The summed E-state index contributed by atoms with van der Waals surface area (Å²) in [5, 5.41) is 2.72. The third-order valence-electron chi connectivity index (χ3n) is 1.39. The molecule has 0 saturated heterocycles. The van der Waals surface area contributed by atoms with Gasteiger partial charge in [0.2, 0.25) is 0 Å². The second-order valence-corrected chi connectivity index (χ2v) is 2.59. The van der Waals surface area contributed by atoms with Crippen molar-refractivity contribution < 1.29 is 9.53 Å². The maximum atomic E-state index is 10.2. The van der Waals surface area contributed by atoms with Crippen LogP contribution in [0.15, 0.2) is 29.4 Å². The van der Waals surface area contributed by atoms with E-state index in [1.807, 2.05) is 0 Å². The molecule has 0 aromatic heterocycles. The van der Waals surface area contributed by atoms with Gasteiger partial charge in [-0.25, -0.2) is 4.79 Å². The molecule has 5 heteroatoms. The Bertz CT molecular complexity index is 310. The van der Waals surface area contributed by atoms with Crippen molar-refractivity contribution in [2.75, 3.05) is 0 Å². The molecule has 4 nitrogen and oxygen atoms in total. The van der Waals surface area contributed by atoms with E-state index in [0.29, 0.717) is 5.69 Å². The first-order valence-corrected chi connectivity index (χ1v) is 3.84. The van der Waals surface area contributed by atoms with Gasteiger partial charge in [-0.15, -0.1) is 4.91 Å². The van der Waals surface area contributed by atoms with Crippen LogP contribution < -0.4 is 0 Å². The molecule has 0 amide bonds. The van der Waals surface area contributed by atoms with E-state index in [-0.39, 0.29) is 6.61 Å². The zero-order valence-electron chi connectivity index (χ0n) is 6.57. The molecule has 1 aromatic carbocycles. The Hall–Kier alpha value is -1.42. The van der Waals surface area contributed by atoms with Crippen LogP contribution in [0.4, 0.5) is 10.5 Å². The number of nitrogens with zero attached hydrogens (tertiary/aromatic N) is 1. The highest BCUT2D eigenvalue weighted by Gasteiger charge is 1.98. The zero-order chi connectivity index (χ0) is 9.68. The molecule has 0 bridgehead atoms. The summed E-state index contributed by atoms with van der Waals surface area (Å²) in [6.07, 6.45) is 0. The summed E-state index contributed by atoms with van der Waals surface area (Å²) in [6.45, 7) is 0.0987. The van der Waals surface area contributed by atoms with Crippen LogP contribution in [0.1, 0.15) is 5.56 Å². The summed E-state index contributed by atoms with van der Waals surface area (Å²) < 4.78 is 4.52. The molecule has 0 aliphatic rings. The van der Waals surface area contributed by atoms with Crippen LogP contribution in [-0.2, 0) is 11.3 Å². The number of ether oxygens (including phenoxy) is 1. The maximum Gasteiger partial charge on any atom is 0.404 e. The fraction of sp³-hybridized carbons (Fsp3) is 0.125. The normalized spacial score (nSPS) is 9.31. The highest BCUT2D eigenvalue weighted by molar-refractivity contribution is 6.61. The molecule has 0 saturated carbocycles. The lowest BCUT2D eigenvalue weighted by Gasteiger charge is -1.99. The minimum atomic E-state index is -0.849. The minimum absolute atomic E-state index is 0.0987. The summed E-state index contributed by atoms with van der Waals surface area (Å²) in [7, 11) is 0. The molecule has 0 spiro atoms. The smallest absolute Gasteiger partial charge is 0.404 e. The van der Waals surface area contributed by atoms with Gasteiger partial charge in [0.15, 0.2) is 0 Å². The number of rotatable bonds is 3. The molecule has 0 atom stereocenters.